The molecule has 1 aliphatic carbocycles. The van der Waals surface area contributed by atoms with Crippen molar-refractivity contribution in [3.05, 3.63) is 28.0 Å². The molecule has 2 aromatic heterocycles. The van der Waals surface area contributed by atoms with Gasteiger partial charge in [-0.25, -0.2) is 9.67 Å². The zero-order valence-electron chi connectivity index (χ0n) is 8.36. The third-order valence-electron chi connectivity index (χ3n) is 2.56. The van der Waals surface area contributed by atoms with Gasteiger partial charge in [-0.15, -0.1) is 11.6 Å². The van der Waals surface area contributed by atoms with Crippen molar-refractivity contribution >= 4 is 34.5 Å². The van der Waals surface area contributed by atoms with Crippen LogP contribution in [0.1, 0.15) is 29.3 Å². The molecule has 1 aliphatic rings. The monoisotopic (exact) mass is 273 g/mol. The molecule has 0 N–H and O–H groups in total. The molecule has 0 bridgehead atoms. The number of alkyl halides is 1. The molecule has 1 saturated carbocycles. The molecule has 2 aromatic rings. The number of aromatic nitrogens is 3. The first-order valence-electron chi connectivity index (χ1n) is 5.05. The first-order valence-corrected chi connectivity index (χ1v) is 6.78. The highest BCUT2D eigenvalue weighted by Crippen LogP contribution is 2.39. The standard InChI is InChI=1S/C10H9Cl2N3S/c11-5-8-9(12)13-10(16-8)15-4-3-7(14-15)6-1-2-6/h3-4,6H,1-2,5H2. The van der Waals surface area contributed by atoms with E-state index in [0.29, 0.717) is 17.0 Å². The first kappa shape index (κ1) is 10.6. The Hall–Kier alpha value is -0.580. The maximum Gasteiger partial charge on any atom is 0.212 e. The van der Waals surface area contributed by atoms with Gasteiger partial charge >= 0.3 is 0 Å². The minimum atomic E-state index is 0.396. The van der Waals surface area contributed by atoms with E-state index in [9.17, 15) is 0 Å². The van der Waals surface area contributed by atoms with E-state index in [4.69, 9.17) is 23.2 Å². The molecule has 16 heavy (non-hydrogen) atoms. The van der Waals surface area contributed by atoms with E-state index in [2.05, 4.69) is 10.1 Å². The lowest BCUT2D eigenvalue weighted by Crippen LogP contribution is -1.94. The number of nitrogens with zero attached hydrogens (tertiary/aromatic N) is 3. The summed E-state index contributed by atoms with van der Waals surface area (Å²) in [5.74, 6) is 1.05. The van der Waals surface area contributed by atoms with Crippen molar-refractivity contribution in [3.8, 4) is 5.13 Å². The second-order valence-electron chi connectivity index (χ2n) is 3.80. The number of hydrogen-bond acceptors (Lipinski definition) is 3. The number of hydrogen-bond donors (Lipinski definition) is 0. The van der Waals surface area contributed by atoms with E-state index in [1.165, 1.54) is 24.2 Å². The fraction of sp³-hybridized carbons (Fsp3) is 0.400. The van der Waals surface area contributed by atoms with Gasteiger partial charge in [0.2, 0.25) is 5.13 Å². The molecular weight excluding hydrogens is 265 g/mol. The van der Waals surface area contributed by atoms with Gasteiger partial charge < -0.3 is 0 Å². The van der Waals surface area contributed by atoms with Crippen LogP contribution in [0.4, 0.5) is 0 Å². The van der Waals surface area contributed by atoms with E-state index in [1.54, 1.807) is 4.68 Å². The molecule has 0 atom stereocenters. The van der Waals surface area contributed by atoms with E-state index in [1.807, 2.05) is 12.3 Å². The lowest BCUT2D eigenvalue weighted by molar-refractivity contribution is 0.830. The van der Waals surface area contributed by atoms with E-state index < -0.39 is 0 Å². The highest BCUT2D eigenvalue weighted by Gasteiger charge is 2.26. The lowest BCUT2D eigenvalue weighted by atomic mass is 10.3. The molecule has 0 spiro atoms. The number of halogens is 2. The van der Waals surface area contributed by atoms with Crippen molar-refractivity contribution in [1.29, 1.82) is 0 Å². The van der Waals surface area contributed by atoms with Gasteiger partial charge in [0.15, 0.2) is 0 Å². The zero-order chi connectivity index (χ0) is 11.1. The fourth-order valence-corrected chi connectivity index (χ4v) is 2.95. The van der Waals surface area contributed by atoms with Crippen LogP contribution in [-0.4, -0.2) is 14.8 Å². The summed E-state index contributed by atoms with van der Waals surface area (Å²) < 4.78 is 1.78. The summed E-state index contributed by atoms with van der Waals surface area (Å²) in [5.41, 5.74) is 1.15. The Labute approximate surface area is 107 Å². The fourth-order valence-electron chi connectivity index (χ4n) is 1.54. The molecule has 0 radical (unpaired) electrons. The van der Waals surface area contributed by atoms with Crippen LogP contribution in [0.25, 0.3) is 5.13 Å². The highest BCUT2D eigenvalue weighted by molar-refractivity contribution is 7.14. The van der Waals surface area contributed by atoms with Gasteiger partial charge in [-0.3, -0.25) is 0 Å². The van der Waals surface area contributed by atoms with Gasteiger partial charge in [0.1, 0.15) is 5.15 Å². The Morgan fingerprint density at radius 1 is 1.50 bits per heavy atom. The average Bonchev–Trinajstić information content (AvgIpc) is 2.89. The van der Waals surface area contributed by atoms with Crippen molar-refractivity contribution in [3.63, 3.8) is 0 Å². The molecule has 0 saturated heterocycles. The van der Waals surface area contributed by atoms with E-state index in [0.717, 1.165) is 15.7 Å². The highest BCUT2D eigenvalue weighted by atomic mass is 35.5. The minimum Gasteiger partial charge on any atom is -0.213 e. The molecule has 6 heteroatoms. The molecule has 1 fully saturated rings. The van der Waals surface area contributed by atoms with E-state index >= 15 is 0 Å². The Kier molecular flexibility index (Phi) is 2.65. The SMILES string of the molecule is ClCc1sc(-n2ccc(C3CC3)n2)nc1Cl. The van der Waals surface area contributed by atoms with Crippen LogP contribution < -0.4 is 0 Å². The molecule has 0 amide bonds. The second-order valence-corrected chi connectivity index (χ2v) is 5.49. The molecule has 0 unspecified atom stereocenters. The van der Waals surface area contributed by atoms with Crippen LogP contribution in [0.5, 0.6) is 0 Å². The van der Waals surface area contributed by atoms with Crippen LogP contribution in [0.2, 0.25) is 5.15 Å². The summed E-state index contributed by atoms with van der Waals surface area (Å²) in [6, 6.07) is 2.05. The summed E-state index contributed by atoms with van der Waals surface area (Å²) in [5, 5.41) is 5.76. The van der Waals surface area contributed by atoms with Crippen molar-refractivity contribution in [2.75, 3.05) is 0 Å². The topological polar surface area (TPSA) is 30.7 Å². The minimum absolute atomic E-state index is 0.396. The van der Waals surface area contributed by atoms with E-state index in [-0.39, 0.29) is 0 Å². The summed E-state index contributed by atoms with van der Waals surface area (Å²) in [7, 11) is 0. The molecular formula is C10H9Cl2N3S. The summed E-state index contributed by atoms with van der Waals surface area (Å²) in [6.45, 7) is 0. The molecule has 0 aromatic carbocycles. The van der Waals surface area contributed by atoms with Gasteiger partial charge in [0.05, 0.1) is 16.5 Å². The summed E-state index contributed by atoms with van der Waals surface area (Å²) in [4.78, 5) is 5.14. The van der Waals surface area contributed by atoms with Gasteiger partial charge in [-0.2, -0.15) is 5.10 Å². The van der Waals surface area contributed by atoms with Gasteiger partial charge in [0, 0.05) is 12.1 Å². The molecule has 0 aliphatic heterocycles. The van der Waals surface area contributed by atoms with Crippen LogP contribution >= 0.6 is 34.5 Å². The normalized spacial score (nSPS) is 15.6. The smallest absolute Gasteiger partial charge is 0.212 e. The maximum absolute atomic E-state index is 5.95. The predicted molar refractivity (Wildman–Crippen MR) is 65.8 cm³/mol. The van der Waals surface area contributed by atoms with Crippen LogP contribution in [0.3, 0.4) is 0 Å². The Balaban J connectivity index is 1.94. The summed E-state index contributed by atoms with van der Waals surface area (Å²) in [6.07, 6.45) is 4.44. The van der Waals surface area contributed by atoms with Crippen LogP contribution in [0, 0.1) is 0 Å². The molecule has 84 valence electrons. The van der Waals surface area contributed by atoms with Crippen LogP contribution in [-0.2, 0) is 5.88 Å². The van der Waals surface area contributed by atoms with Crippen molar-refractivity contribution in [2.45, 2.75) is 24.6 Å². The zero-order valence-corrected chi connectivity index (χ0v) is 10.7. The van der Waals surface area contributed by atoms with Crippen molar-refractivity contribution in [1.82, 2.24) is 14.8 Å². The largest absolute Gasteiger partial charge is 0.213 e. The summed E-state index contributed by atoms with van der Waals surface area (Å²) >= 11 is 13.2. The first-order chi connectivity index (χ1) is 7.78. The Morgan fingerprint density at radius 3 is 2.94 bits per heavy atom. The predicted octanol–water partition coefficient (Wildman–Crippen LogP) is 3.60. The molecule has 3 rings (SSSR count). The van der Waals surface area contributed by atoms with Crippen LogP contribution in [0.15, 0.2) is 12.3 Å². The third kappa shape index (κ3) is 1.85. The number of rotatable bonds is 3. The van der Waals surface area contributed by atoms with Crippen molar-refractivity contribution in [2.24, 2.45) is 0 Å². The van der Waals surface area contributed by atoms with Gasteiger partial charge in [0.25, 0.3) is 0 Å². The Morgan fingerprint density at radius 2 is 2.31 bits per heavy atom. The molecule has 3 nitrogen and oxygen atoms in total. The third-order valence-corrected chi connectivity index (χ3v) is 4.46. The quantitative estimate of drug-likeness (QED) is 0.801. The average molecular weight is 274 g/mol. The number of thiazole rings is 1. The maximum atomic E-state index is 5.95. The lowest BCUT2D eigenvalue weighted by Gasteiger charge is -1.93. The van der Waals surface area contributed by atoms with Gasteiger partial charge in [-0.1, -0.05) is 22.9 Å². The van der Waals surface area contributed by atoms with Gasteiger partial charge in [-0.05, 0) is 18.9 Å². The molecule has 2 heterocycles. The second kappa shape index (κ2) is 4.02. The Bertz CT molecular complexity index is 516. The van der Waals surface area contributed by atoms with Crippen molar-refractivity contribution < 1.29 is 0 Å².